The van der Waals surface area contributed by atoms with Crippen LogP contribution in [-0.2, 0) is 11.3 Å². The molecule has 1 fully saturated rings. The van der Waals surface area contributed by atoms with Crippen LogP contribution in [0.25, 0.3) is 10.2 Å². The van der Waals surface area contributed by atoms with Gasteiger partial charge in [-0.25, -0.2) is 0 Å². The van der Waals surface area contributed by atoms with Crippen LogP contribution >= 0.6 is 11.3 Å². The third-order valence-corrected chi connectivity index (χ3v) is 5.12. The van der Waals surface area contributed by atoms with E-state index in [-0.39, 0.29) is 12.5 Å². The average Bonchev–Trinajstić information content (AvgIpc) is 2.73. The summed E-state index contributed by atoms with van der Waals surface area (Å²) in [7, 11) is 1.63. The van der Waals surface area contributed by atoms with Gasteiger partial charge in [0.15, 0.2) is 4.80 Å². The number of benzene rings is 1. The van der Waals surface area contributed by atoms with E-state index in [0.717, 1.165) is 41.9 Å². The van der Waals surface area contributed by atoms with Crippen LogP contribution in [0.1, 0.15) is 25.7 Å². The number of thiazole rings is 1. The Kier molecular flexibility index (Phi) is 4.47. The zero-order valence-electron chi connectivity index (χ0n) is 12.8. The van der Waals surface area contributed by atoms with E-state index in [1.54, 1.807) is 11.7 Å². The molecule has 1 aromatic carbocycles. The minimum absolute atomic E-state index is 0.121. The van der Waals surface area contributed by atoms with E-state index >= 15 is 0 Å². The first kappa shape index (κ1) is 15.1. The Morgan fingerprint density at radius 1 is 1.27 bits per heavy atom. The molecule has 0 atom stereocenters. The molecule has 0 aliphatic carbocycles. The Balaban J connectivity index is 1.85. The largest absolute Gasteiger partial charge is 0.497 e. The van der Waals surface area contributed by atoms with E-state index in [1.807, 2.05) is 23.1 Å². The molecule has 2 aromatic rings. The van der Waals surface area contributed by atoms with Crippen molar-refractivity contribution in [2.45, 2.75) is 32.2 Å². The summed E-state index contributed by atoms with van der Waals surface area (Å²) in [6, 6.07) is 5.73. The maximum Gasteiger partial charge on any atom is 0.242 e. The van der Waals surface area contributed by atoms with Crippen LogP contribution in [0.4, 0.5) is 0 Å². The topological polar surface area (TPSA) is 58.3 Å². The number of aromatic nitrogens is 1. The molecule has 0 spiro atoms. The normalized spacial score (nSPS) is 15.8. The van der Waals surface area contributed by atoms with Gasteiger partial charge in [0.05, 0.1) is 17.3 Å². The Morgan fingerprint density at radius 3 is 2.68 bits per heavy atom. The van der Waals surface area contributed by atoms with E-state index in [9.17, 15) is 4.79 Å². The molecule has 1 aliphatic heterocycles. The van der Waals surface area contributed by atoms with Crippen molar-refractivity contribution < 1.29 is 9.53 Å². The molecule has 1 aliphatic rings. The van der Waals surface area contributed by atoms with Crippen LogP contribution < -0.4 is 9.54 Å². The van der Waals surface area contributed by atoms with Crippen LogP contribution in [-0.4, -0.2) is 35.6 Å². The number of nitrogens with one attached hydrogen (secondary N) is 1. The van der Waals surface area contributed by atoms with Crippen molar-refractivity contribution in [3.05, 3.63) is 23.0 Å². The predicted molar refractivity (Wildman–Crippen MR) is 87.3 cm³/mol. The minimum Gasteiger partial charge on any atom is -0.497 e. The number of fused-ring (bicyclic) bond motifs is 1. The Morgan fingerprint density at radius 2 is 2.00 bits per heavy atom. The molecule has 1 saturated heterocycles. The van der Waals surface area contributed by atoms with Crippen LogP contribution in [0.2, 0.25) is 0 Å². The van der Waals surface area contributed by atoms with Crippen LogP contribution in [0.3, 0.4) is 0 Å². The van der Waals surface area contributed by atoms with Gasteiger partial charge in [-0.2, -0.15) is 0 Å². The monoisotopic (exact) mass is 319 g/mol. The van der Waals surface area contributed by atoms with Gasteiger partial charge >= 0.3 is 0 Å². The molecule has 22 heavy (non-hydrogen) atoms. The number of methoxy groups -OCH3 is 1. The summed E-state index contributed by atoms with van der Waals surface area (Å²) in [5.41, 5.74) is 0.930. The highest BCUT2D eigenvalue weighted by Gasteiger charge is 2.17. The lowest BCUT2D eigenvalue weighted by atomic mass is 10.2. The van der Waals surface area contributed by atoms with Crippen LogP contribution in [0, 0.1) is 5.41 Å². The zero-order valence-corrected chi connectivity index (χ0v) is 13.6. The quantitative estimate of drug-likeness (QED) is 0.945. The first-order valence-corrected chi connectivity index (χ1v) is 8.50. The molecule has 6 heteroatoms. The maximum absolute atomic E-state index is 12.5. The van der Waals surface area contributed by atoms with Gasteiger partial charge in [-0.05, 0) is 31.0 Å². The Labute approximate surface area is 133 Å². The van der Waals surface area contributed by atoms with Gasteiger partial charge in [0, 0.05) is 13.1 Å². The summed E-state index contributed by atoms with van der Waals surface area (Å²) in [5.74, 6) is 0.899. The van der Waals surface area contributed by atoms with Crippen molar-refractivity contribution in [1.29, 1.82) is 5.41 Å². The molecular weight excluding hydrogens is 298 g/mol. The number of hydrogen-bond donors (Lipinski definition) is 1. The average molecular weight is 319 g/mol. The molecule has 1 amide bonds. The SMILES string of the molecule is COc1ccc2c(c1)sc(=N)n2CC(=O)N1CCCCCC1. The molecule has 118 valence electrons. The van der Waals surface area contributed by atoms with E-state index in [2.05, 4.69) is 0 Å². The number of ether oxygens (including phenoxy) is 1. The second-order valence-electron chi connectivity index (χ2n) is 5.62. The zero-order chi connectivity index (χ0) is 15.5. The molecule has 0 saturated carbocycles. The minimum atomic E-state index is 0.121. The van der Waals surface area contributed by atoms with Gasteiger partial charge in [0.1, 0.15) is 12.3 Å². The van der Waals surface area contributed by atoms with Crippen LogP contribution in [0.15, 0.2) is 18.2 Å². The van der Waals surface area contributed by atoms with E-state index in [0.29, 0.717) is 4.80 Å². The highest BCUT2D eigenvalue weighted by Crippen LogP contribution is 2.23. The summed E-state index contributed by atoms with van der Waals surface area (Å²) in [4.78, 5) is 14.9. The number of carbonyl (C=O) groups excluding carboxylic acids is 1. The highest BCUT2D eigenvalue weighted by molar-refractivity contribution is 7.16. The fourth-order valence-corrected chi connectivity index (χ4v) is 3.85. The maximum atomic E-state index is 12.5. The van der Waals surface area contributed by atoms with Gasteiger partial charge in [0.25, 0.3) is 0 Å². The van der Waals surface area contributed by atoms with Crippen molar-refractivity contribution in [1.82, 2.24) is 9.47 Å². The molecule has 0 unspecified atom stereocenters. The molecule has 5 nitrogen and oxygen atoms in total. The van der Waals surface area contributed by atoms with Gasteiger partial charge < -0.3 is 14.2 Å². The summed E-state index contributed by atoms with van der Waals surface area (Å²) in [5, 5.41) is 8.15. The van der Waals surface area contributed by atoms with Gasteiger partial charge in [-0.1, -0.05) is 24.2 Å². The molecule has 3 rings (SSSR count). The van der Waals surface area contributed by atoms with Gasteiger partial charge in [-0.15, -0.1) is 0 Å². The van der Waals surface area contributed by atoms with Crippen molar-refractivity contribution in [3.63, 3.8) is 0 Å². The molecule has 2 heterocycles. The second kappa shape index (κ2) is 6.52. The molecule has 1 aromatic heterocycles. The summed E-state index contributed by atoms with van der Waals surface area (Å²) >= 11 is 1.38. The lowest BCUT2D eigenvalue weighted by Crippen LogP contribution is -2.36. The van der Waals surface area contributed by atoms with E-state index in [1.165, 1.54) is 24.2 Å². The highest BCUT2D eigenvalue weighted by atomic mass is 32.1. The number of amides is 1. The third kappa shape index (κ3) is 3.02. The standard InChI is InChI=1S/C16H21N3O2S/c1-21-12-6-7-13-14(10-12)22-16(17)19(13)11-15(20)18-8-4-2-3-5-9-18/h6-7,10,17H,2-5,8-9,11H2,1H3. The molecule has 0 radical (unpaired) electrons. The molecular formula is C16H21N3O2S. The van der Waals surface area contributed by atoms with Crippen molar-refractivity contribution in [3.8, 4) is 5.75 Å². The number of likely N-dealkylation sites (tertiary alicyclic amines) is 1. The summed E-state index contributed by atoms with van der Waals surface area (Å²) in [6.07, 6.45) is 4.60. The molecule has 0 bridgehead atoms. The van der Waals surface area contributed by atoms with Gasteiger partial charge in [0.2, 0.25) is 5.91 Å². The lowest BCUT2D eigenvalue weighted by Gasteiger charge is -2.20. The van der Waals surface area contributed by atoms with Crippen molar-refractivity contribution in [2.75, 3.05) is 20.2 Å². The summed E-state index contributed by atoms with van der Waals surface area (Å²) in [6.45, 7) is 1.95. The van der Waals surface area contributed by atoms with Crippen molar-refractivity contribution >= 4 is 27.5 Å². The predicted octanol–water partition coefficient (Wildman–Crippen LogP) is 2.59. The number of rotatable bonds is 3. The van der Waals surface area contributed by atoms with Crippen molar-refractivity contribution in [2.24, 2.45) is 0 Å². The smallest absolute Gasteiger partial charge is 0.242 e. The fraction of sp³-hybridized carbons (Fsp3) is 0.500. The number of carbonyl (C=O) groups is 1. The molecule has 1 N–H and O–H groups in total. The second-order valence-corrected chi connectivity index (χ2v) is 6.65. The first-order chi connectivity index (χ1) is 10.7. The summed E-state index contributed by atoms with van der Waals surface area (Å²) < 4.78 is 8.00. The Hall–Kier alpha value is -1.82. The number of nitrogens with zero attached hydrogens (tertiary/aromatic N) is 2. The van der Waals surface area contributed by atoms with Crippen LogP contribution in [0.5, 0.6) is 5.75 Å². The lowest BCUT2D eigenvalue weighted by molar-refractivity contribution is -0.131. The fourth-order valence-electron chi connectivity index (χ4n) is 2.91. The van der Waals surface area contributed by atoms with E-state index in [4.69, 9.17) is 10.1 Å². The number of hydrogen-bond acceptors (Lipinski definition) is 4. The van der Waals surface area contributed by atoms with Gasteiger partial charge in [-0.3, -0.25) is 10.2 Å². The third-order valence-electron chi connectivity index (χ3n) is 4.16. The first-order valence-electron chi connectivity index (χ1n) is 7.69. The van der Waals surface area contributed by atoms with E-state index < -0.39 is 0 Å². The Bertz CT molecular complexity index is 727.